The van der Waals surface area contributed by atoms with Gasteiger partial charge < -0.3 is 5.11 Å². The van der Waals surface area contributed by atoms with Crippen LogP contribution in [0, 0.1) is 5.82 Å². The Kier molecular flexibility index (Phi) is 1.70. The maximum Gasteiger partial charge on any atom is 0.338 e. The van der Waals surface area contributed by atoms with E-state index in [1.165, 1.54) is 0 Å². The van der Waals surface area contributed by atoms with E-state index >= 15 is 0 Å². The molecule has 0 amide bonds. The molecule has 0 unspecified atom stereocenters. The van der Waals surface area contributed by atoms with Crippen LogP contribution in [0.3, 0.4) is 0 Å². The van der Waals surface area contributed by atoms with Gasteiger partial charge in [-0.1, -0.05) is 0 Å². The molecule has 0 aliphatic rings. The standard InChI is InChI=1S/C7H3FN2O2S/c8-3-1-4(7(11)12)6-5(2-3)9-13-10-6/h1-2H,(H,11,12). The molecule has 2 aromatic rings. The molecule has 0 bridgehead atoms. The van der Waals surface area contributed by atoms with Crippen LogP contribution in [0.2, 0.25) is 0 Å². The zero-order valence-electron chi connectivity index (χ0n) is 6.19. The van der Waals surface area contributed by atoms with Crippen molar-refractivity contribution in [3.63, 3.8) is 0 Å². The maximum absolute atomic E-state index is 12.8. The minimum Gasteiger partial charge on any atom is -0.478 e. The normalized spacial score (nSPS) is 10.5. The maximum atomic E-state index is 12.8. The van der Waals surface area contributed by atoms with Gasteiger partial charge in [0.25, 0.3) is 0 Å². The van der Waals surface area contributed by atoms with Crippen molar-refractivity contribution in [2.75, 3.05) is 0 Å². The highest BCUT2D eigenvalue weighted by Crippen LogP contribution is 2.18. The number of hydrogen-bond acceptors (Lipinski definition) is 4. The smallest absolute Gasteiger partial charge is 0.338 e. The molecule has 1 aromatic heterocycles. The van der Waals surface area contributed by atoms with E-state index in [1.54, 1.807) is 0 Å². The second-order valence-corrected chi connectivity index (χ2v) is 2.92. The minimum absolute atomic E-state index is 0.149. The zero-order chi connectivity index (χ0) is 9.42. The zero-order valence-corrected chi connectivity index (χ0v) is 7.01. The molecule has 0 saturated carbocycles. The van der Waals surface area contributed by atoms with E-state index in [1.807, 2.05) is 0 Å². The van der Waals surface area contributed by atoms with Crippen molar-refractivity contribution >= 4 is 28.7 Å². The van der Waals surface area contributed by atoms with Gasteiger partial charge in [-0.15, -0.1) is 0 Å². The second-order valence-electron chi connectivity index (χ2n) is 2.39. The highest BCUT2D eigenvalue weighted by Gasteiger charge is 2.13. The summed E-state index contributed by atoms with van der Waals surface area (Å²) in [4.78, 5) is 10.6. The fourth-order valence-electron chi connectivity index (χ4n) is 1.02. The van der Waals surface area contributed by atoms with Crippen LogP contribution in [-0.4, -0.2) is 19.8 Å². The molecule has 0 radical (unpaired) electrons. The molecule has 0 aliphatic carbocycles. The van der Waals surface area contributed by atoms with Gasteiger partial charge in [0.05, 0.1) is 17.3 Å². The van der Waals surface area contributed by atoms with Crippen LogP contribution >= 0.6 is 11.7 Å². The molecule has 13 heavy (non-hydrogen) atoms. The molecule has 1 N–H and O–H groups in total. The van der Waals surface area contributed by atoms with E-state index in [9.17, 15) is 9.18 Å². The molecule has 1 aromatic carbocycles. The summed E-state index contributed by atoms with van der Waals surface area (Å²) in [5.41, 5.74) is 0.366. The number of benzene rings is 1. The molecule has 1 heterocycles. The SMILES string of the molecule is O=C(O)c1cc(F)cc2nsnc12. The Morgan fingerprint density at radius 1 is 1.46 bits per heavy atom. The summed E-state index contributed by atoms with van der Waals surface area (Å²) in [5, 5.41) is 8.70. The number of halogens is 1. The number of carbonyl (C=O) groups is 1. The molecular formula is C7H3FN2O2S. The number of carboxylic acids is 1. The first-order valence-electron chi connectivity index (χ1n) is 3.33. The fraction of sp³-hybridized carbons (Fsp3) is 0. The Bertz CT molecular complexity index is 482. The number of aromatic carboxylic acids is 1. The van der Waals surface area contributed by atoms with Crippen molar-refractivity contribution in [1.82, 2.24) is 8.75 Å². The average Bonchev–Trinajstić information content (AvgIpc) is 2.49. The van der Waals surface area contributed by atoms with Gasteiger partial charge in [0.2, 0.25) is 0 Å². The molecular weight excluding hydrogens is 195 g/mol. The monoisotopic (exact) mass is 198 g/mol. The van der Waals surface area contributed by atoms with E-state index < -0.39 is 11.8 Å². The lowest BCUT2D eigenvalue weighted by Gasteiger charge is -1.94. The van der Waals surface area contributed by atoms with Gasteiger partial charge in [0.15, 0.2) is 0 Å². The van der Waals surface area contributed by atoms with E-state index in [0.717, 1.165) is 23.9 Å². The summed E-state index contributed by atoms with van der Waals surface area (Å²) in [6.45, 7) is 0. The van der Waals surface area contributed by atoms with Crippen molar-refractivity contribution in [1.29, 1.82) is 0 Å². The number of fused-ring (bicyclic) bond motifs is 1. The highest BCUT2D eigenvalue weighted by atomic mass is 32.1. The van der Waals surface area contributed by atoms with E-state index in [-0.39, 0.29) is 16.6 Å². The average molecular weight is 198 g/mol. The van der Waals surface area contributed by atoms with Crippen molar-refractivity contribution in [2.24, 2.45) is 0 Å². The Labute approximate surface area is 76.0 Å². The number of carboxylic acid groups (broad SMARTS) is 1. The van der Waals surface area contributed by atoms with Crippen molar-refractivity contribution in [2.45, 2.75) is 0 Å². The Morgan fingerprint density at radius 2 is 2.23 bits per heavy atom. The molecule has 6 heteroatoms. The number of hydrogen-bond donors (Lipinski definition) is 1. The van der Waals surface area contributed by atoms with Crippen LogP contribution in [0.4, 0.5) is 4.39 Å². The van der Waals surface area contributed by atoms with Crippen LogP contribution in [0.1, 0.15) is 10.4 Å². The predicted molar refractivity (Wildman–Crippen MR) is 44.3 cm³/mol. The van der Waals surface area contributed by atoms with Crippen molar-refractivity contribution in [3.8, 4) is 0 Å². The van der Waals surface area contributed by atoms with E-state index in [4.69, 9.17) is 5.11 Å². The van der Waals surface area contributed by atoms with Crippen LogP contribution < -0.4 is 0 Å². The summed E-state index contributed by atoms with van der Waals surface area (Å²) in [7, 11) is 0. The van der Waals surface area contributed by atoms with Gasteiger partial charge in [-0.05, 0) is 6.07 Å². The molecule has 0 fully saturated rings. The number of aromatic nitrogens is 2. The van der Waals surface area contributed by atoms with Gasteiger partial charge in [-0.3, -0.25) is 0 Å². The van der Waals surface area contributed by atoms with Crippen LogP contribution in [0.15, 0.2) is 12.1 Å². The van der Waals surface area contributed by atoms with Gasteiger partial charge in [-0.2, -0.15) is 8.75 Å². The lowest BCUT2D eigenvalue weighted by molar-refractivity contribution is 0.0698. The second kappa shape index (κ2) is 2.74. The first-order chi connectivity index (χ1) is 6.18. The molecule has 0 saturated heterocycles. The molecule has 0 spiro atoms. The lowest BCUT2D eigenvalue weighted by Crippen LogP contribution is -1.98. The molecule has 0 atom stereocenters. The van der Waals surface area contributed by atoms with Crippen LogP contribution in [0.25, 0.3) is 11.0 Å². The first kappa shape index (κ1) is 8.06. The Balaban J connectivity index is 2.84. The van der Waals surface area contributed by atoms with Gasteiger partial charge >= 0.3 is 5.97 Å². The predicted octanol–water partition coefficient (Wildman–Crippen LogP) is 1.53. The summed E-state index contributed by atoms with van der Waals surface area (Å²) >= 11 is 0.863. The topological polar surface area (TPSA) is 63.1 Å². The molecule has 2 rings (SSSR count). The molecule has 4 nitrogen and oxygen atoms in total. The van der Waals surface area contributed by atoms with Gasteiger partial charge in [0.1, 0.15) is 16.9 Å². The summed E-state index contributed by atoms with van der Waals surface area (Å²) in [6, 6.07) is 2.09. The number of nitrogens with zero attached hydrogens (tertiary/aromatic N) is 2. The Hall–Kier alpha value is -1.56. The van der Waals surface area contributed by atoms with Gasteiger partial charge in [0, 0.05) is 6.07 Å². The molecule has 0 aliphatic heterocycles. The summed E-state index contributed by atoms with van der Waals surface area (Å²) < 4.78 is 20.3. The highest BCUT2D eigenvalue weighted by molar-refractivity contribution is 7.00. The van der Waals surface area contributed by atoms with Crippen LogP contribution in [-0.2, 0) is 0 Å². The Morgan fingerprint density at radius 3 is 2.92 bits per heavy atom. The lowest BCUT2D eigenvalue weighted by atomic mass is 10.2. The minimum atomic E-state index is -1.20. The third-order valence-electron chi connectivity index (χ3n) is 1.56. The van der Waals surface area contributed by atoms with E-state index in [0.29, 0.717) is 0 Å². The van der Waals surface area contributed by atoms with Gasteiger partial charge in [-0.25, -0.2) is 9.18 Å². The third-order valence-corrected chi connectivity index (χ3v) is 2.10. The largest absolute Gasteiger partial charge is 0.478 e. The third kappa shape index (κ3) is 1.25. The number of rotatable bonds is 1. The van der Waals surface area contributed by atoms with Crippen LogP contribution in [0.5, 0.6) is 0 Å². The fourth-order valence-corrected chi connectivity index (χ4v) is 1.56. The van der Waals surface area contributed by atoms with E-state index in [2.05, 4.69) is 8.75 Å². The first-order valence-corrected chi connectivity index (χ1v) is 4.06. The summed E-state index contributed by atoms with van der Waals surface area (Å²) in [6.07, 6.45) is 0. The quantitative estimate of drug-likeness (QED) is 0.754. The summed E-state index contributed by atoms with van der Waals surface area (Å²) in [5.74, 6) is -1.81. The van der Waals surface area contributed by atoms with Crippen molar-refractivity contribution in [3.05, 3.63) is 23.5 Å². The molecule has 66 valence electrons. The van der Waals surface area contributed by atoms with Crippen molar-refractivity contribution < 1.29 is 14.3 Å².